The van der Waals surface area contributed by atoms with Crippen molar-refractivity contribution in [1.82, 2.24) is 20.2 Å². The van der Waals surface area contributed by atoms with E-state index in [2.05, 4.69) is 51.9 Å². The lowest BCUT2D eigenvalue weighted by Gasteiger charge is -2.03. The minimum Gasteiger partial charge on any atom is -0.466 e. The van der Waals surface area contributed by atoms with Crippen molar-refractivity contribution in [3.63, 3.8) is 0 Å². The SMILES string of the molecule is COC(=O)C=Cc1sc(-c2ccc(-c3ccccc3)cc2)cc1-c1nnnn1C. The normalized spacial score (nSPS) is 11.1. The molecule has 7 heteroatoms. The molecular formula is C22H18N4O2S. The fraction of sp³-hybridized carbons (Fsp3) is 0.0909. The number of esters is 1. The Balaban J connectivity index is 1.72. The van der Waals surface area contributed by atoms with Gasteiger partial charge in [-0.3, -0.25) is 0 Å². The zero-order valence-electron chi connectivity index (χ0n) is 15.9. The predicted octanol–water partition coefficient (Wildman–Crippen LogP) is 4.46. The number of aryl methyl sites for hydroxylation is 1. The fourth-order valence-corrected chi connectivity index (χ4v) is 4.04. The first-order chi connectivity index (χ1) is 14.2. The van der Waals surface area contributed by atoms with E-state index in [1.54, 1.807) is 29.1 Å². The minimum absolute atomic E-state index is 0.408. The Morgan fingerprint density at radius 3 is 2.38 bits per heavy atom. The molecule has 0 bridgehead atoms. The molecule has 2 heterocycles. The zero-order chi connectivity index (χ0) is 20.2. The van der Waals surface area contributed by atoms with E-state index in [0.717, 1.165) is 26.4 Å². The molecular weight excluding hydrogens is 384 g/mol. The van der Waals surface area contributed by atoms with Crippen LogP contribution in [0.4, 0.5) is 0 Å². The van der Waals surface area contributed by atoms with E-state index in [1.807, 2.05) is 24.3 Å². The highest BCUT2D eigenvalue weighted by molar-refractivity contribution is 7.16. The molecule has 0 fully saturated rings. The molecule has 6 nitrogen and oxygen atoms in total. The summed E-state index contributed by atoms with van der Waals surface area (Å²) in [5.41, 5.74) is 4.29. The van der Waals surface area contributed by atoms with Crippen LogP contribution in [0.2, 0.25) is 0 Å². The molecule has 4 aromatic rings. The van der Waals surface area contributed by atoms with Crippen LogP contribution in [0.25, 0.3) is 39.0 Å². The average molecular weight is 402 g/mol. The van der Waals surface area contributed by atoms with E-state index in [4.69, 9.17) is 4.74 Å². The van der Waals surface area contributed by atoms with Gasteiger partial charge in [-0.1, -0.05) is 54.6 Å². The lowest BCUT2D eigenvalue weighted by Crippen LogP contribution is -1.95. The molecule has 0 aliphatic carbocycles. The molecule has 0 saturated heterocycles. The standard InChI is InChI=1S/C22H18N4O2S/c1-26-22(23-24-25-26)18-14-20(29-19(18)12-13-21(27)28-2)17-10-8-16(9-11-17)15-6-4-3-5-7-15/h3-14H,1-2H3. The van der Waals surface area contributed by atoms with Crippen LogP contribution in [-0.2, 0) is 16.6 Å². The van der Waals surface area contributed by atoms with E-state index in [1.165, 1.54) is 18.7 Å². The number of carbonyl (C=O) groups is 1. The van der Waals surface area contributed by atoms with Gasteiger partial charge in [0.1, 0.15) is 0 Å². The van der Waals surface area contributed by atoms with Crippen LogP contribution in [0.1, 0.15) is 4.88 Å². The van der Waals surface area contributed by atoms with Crippen LogP contribution in [0.15, 0.2) is 66.7 Å². The van der Waals surface area contributed by atoms with Crippen molar-refractivity contribution in [2.24, 2.45) is 7.05 Å². The number of tetrazole rings is 1. The van der Waals surface area contributed by atoms with Crippen LogP contribution in [0.3, 0.4) is 0 Å². The number of carbonyl (C=O) groups excluding carboxylic acids is 1. The van der Waals surface area contributed by atoms with E-state index >= 15 is 0 Å². The van der Waals surface area contributed by atoms with Crippen LogP contribution in [0, 0.1) is 0 Å². The number of rotatable bonds is 5. The number of aromatic nitrogens is 4. The molecule has 0 N–H and O–H groups in total. The summed E-state index contributed by atoms with van der Waals surface area (Å²) in [6.07, 6.45) is 3.14. The lowest BCUT2D eigenvalue weighted by molar-refractivity contribution is -0.134. The Kier molecular flexibility index (Phi) is 5.31. The van der Waals surface area contributed by atoms with Gasteiger partial charge >= 0.3 is 5.97 Å². The van der Waals surface area contributed by atoms with Gasteiger partial charge in [-0.25, -0.2) is 9.48 Å². The Morgan fingerprint density at radius 1 is 1.03 bits per heavy atom. The Bertz CT molecular complexity index is 1160. The van der Waals surface area contributed by atoms with Crippen LogP contribution in [-0.4, -0.2) is 33.3 Å². The first-order valence-electron chi connectivity index (χ1n) is 8.94. The maximum atomic E-state index is 11.5. The molecule has 0 radical (unpaired) electrons. The molecule has 2 aromatic carbocycles. The summed E-state index contributed by atoms with van der Waals surface area (Å²) in [4.78, 5) is 13.5. The Labute approximate surface area is 172 Å². The first-order valence-corrected chi connectivity index (χ1v) is 9.76. The number of ether oxygens (including phenoxy) is 1. The number of thiophene rings is 1. The van der Waals surface area contributed by atoms with Gasteiger partial charge in [0.2, 0.25) is 0 Å². The summed E-state index contributed by atoms with van der Waals surface area (Å²) < 4.78 is 6.32. The first kappa shape index (κ1) is 18.8. The second-order valence-corrected chi connectivity index (χ2v) is 7.40. The van der Waals surface area contributed by atoms with Gasteiger partial charge in [0.25, 0.3) is 0 Å². The van der Waals surface area contributed by atoms with Crippen molar-refractivity contribution in [3.05, 3.63) is 71.6 Å². The van der Waals surface area contributed by atoms with Gasteiger partial charge in [0, 0.05) is 28.4 Å². The molecule has 4 rings (SSSR count). The molecule has 0 atom stereocenters. The summed E-state index contributed by atoms with van der Waals surface area (Å²) in [7, 11) is 3.14. The lowest BCUT2D eigenvalue weighted by atomic mass is 10.0. The molecule has 0 aliphatic heterocycles. The number of methoxy groups -OCH3 is 1. The van der Waals surface area contributed by atoms with Crippen molar-refractivity contribution < 1.29 is 9.53 Å². The molecule has 0 spiro atoms. The third kappa shape index (κ3) is 4.00. The van der Waals surface area contributed by atoms with Gasteiger partial charge in [0.15, 0.2) is 5.82 Å². The van der Waals surface area contributed by atoms with Gasteiger partial charge in [-0.2, -0.15) is 0 Å². The quantitative estimate of drug-likeness (QED) is 0.364. The van der Waals surface area contributed by atoms with Crippen LogP contribution in [0.5, 0.6) is 0 Å². The van der Waals surface area contributed by atoms with Gasteiger partial charge in [-0.05, 0) is 39.3 Å². The molecule has 2 aromatic heterocycles. The smallest absolute Gasteiger partial charge is 0.330 e. The van der Waals surface area contributed by atoms with Crippen molar-refractivity contribution in [2.45, 2.75) is 0 Å². The van der Waals surface area contributed by atoms with E-state index in [9.17, 15) is 4.79 Å². The van der Waals surface area contributed by atoms with Crippen molar-refractivity contribution >= 4 is 23.4 Å². The summed E-state index contributed by atoms with van der Waals surface area (Å²) in [6.45, 7) is 0. The summed E-state index contributed by atoms with van der Waals surface area (Å²) in [6, 6.07) is 20.7. The number of nitrogens with zero attached hydrogens (tertiary/aromatic N) is 4. The zero-order valence-corrected chi connectivity index (χ0v) is 16.8. The van der Waals surface area contributed by atoms with E-state index in [0.29, 0.717) is 5.82 Å². The molecule has 0 aliphatic rings. The average Bonchev–Trinajstić information content (AvgIpc) is 3.38. The molecule has 0 amide bonds. The molecule has 29 heavy (non-hydrogen) atoms. The Hall–Kier alpha value is -3.58. The highest BCUT2D eigenvalue weighted by atomic mass is 32.1. The molecule has 0 unspecified atom stereocenters. The third-order valence-corrected chi connectivity index (χ3v) is 5.62. The predicted molar refractivity (Wildman–Crippen MR) is 114 cm³/mol. The second-order valence-electron chi connectivity index (χ2n) is 6.31. The van der Waals surface area contributed by atoms with E-state index in [-0.39, 0.29) is 0 Å². The van der Waals surface area contributed by atoms with Gasteiger partial charge < -0.3 is 4.74 Å². The highest BCUT2D eigenvalue weighted by Gasteiger charge is 2.16. The topological polar surface area (TPSA) is 69.9 Å². The van der Waals surface area contributed by atoms with Crippen LogP contribution < -0.4 is 0 Å². The Morgan fingerprint density at radius 2 is 1.72 bits per heavy atom. The van der Waals surface area contributed by atoms with Crippen molar-refractivity contribution in [2.75, 3.05) is 7.11 Å². The molecule has 0 saturated carbocycles. The monoisotopic (exact) mass is 402 g/mol. The largest absolute Gasteiger partial charge is 0.466 e. The van der Waals surface area contributed by atoms with Crippen molar-refractivity contribution in [1.29, 1.82) is 0 Å². The van der Waals surface area contributed by atoms with E-state index < -0.39 is 5.97 Å². The fourth-order valence-electron chi connectivity index (χ4n) is 2.97. The maximum Gasteiger partial charge on any atom is 0.330 e. The number of hydrogen-bond donors (Lipinski definition) is 0. The summed E-state index contributed by atoms with van der Waals surface area (Å²) >= 11 is 1.57. The summed E-state index contributed by atoms with van der Waals surface area (Å²) in [5.74, 6) is 0.229. The highest BCUT2D eigenvalue weighted by Crippen LogP contribution is 2.37. The van der Waals surface area contributed by atoms with Gasteiger partial charge in [-0.15, -0.1) is 16.4 Å². The van der Waals surface area contributed by atoms with Crippen LogP contribution >= 0.6 is 11.3 Å². The molecule has 144 valence electrons. The van der Waals surface area contributed by atoms with Gasteiger partial charge in [0.05, 0.1) is 7.11 Å². The maximum absolute atomic E-state index is 11.5. The third-order valence-electron chi connectivity index (χ3n) is 4.47. The number of benzene rings is 2. The summed E-state index contributed by atoms with van der Waals surface area (Å²) in [5, 5.41) is 11.8. The minimum atomic E-state index is -0.408. The second kappa shape index (κ2) is 8.20. The number of hydrogen-bond acceptors (Lipinski definition) is 6. The van der Waals surface area contributed by atoms with Crippen molar-refractivity contribution in [3.8, 4) is 33.0 Å².